The van der Waals surface area contributed by atoms with E-state index in [1.165, 1.54) is 15.6 Å². The van der Waals surface area contributed by atoms with Crippen molar-refractivity contribution in [2.75, 3.05) is 26.4 Å². The molecule has 102 valence electrons. The standard InChI is InChI=1S/C11H20N4S3/c1-8-9(15-10(18-8)6-12-2)7-17-5-4-14-11(16)13-3/h12H,4-7H2,1-3H3,(H2,13,14,16). The number of rotatable bonds is 7. The zero-order valence-corrected chi connectivity index (χ0v) is 13.4. The quantitative estimate of drug-likeness (QED) is 0.524. The lowest BCUT2D eigenvalue weighted by molar-refractivity contribution is 0.806. The molecular formula is C11H20N4S3. The summed E-state index contributed by atoms with van der Waals surface area (Å²) in [7, 11) is 3.77. The van der Waals surface area contributed by atoms with Crippen molar-refractivity contribution in [3.8, 4) is 0 Å². The van der Waals surface area contributed by atoms with Gasteiger partial charge in [0.2, 0.25) is 0 Å². The van der Waals surface area contributed by atoms with E-state index in [1.807, 2.05) is 25.9 Å². The van der Waals surface area contributed by atoms with E-state index < -0.39 is 0 Å². The highest BCUT2D eigenvalue weighted by Crippen LogP contribution is 2.21. The predicted octanol–water partition coefficient (Wildman–Crippen LogP) is 1.50. The molecule has 1 aromatic heterocycles. The molecule has 0 unspecified atom stereocenters. The van der Waals surface area contributed by atoms with Crippen molar-refractivity contribution in [3.05, 3.63) is 15.6 Å². The molecule has 0 radical (unpaired) electrons. The average molecular weight is 305 g/mol. The maximum atomic E-state index is 5.00. The first-order valence-corrected chi connectivity index (χ1v) is 8.18. The summed E-state index contributed by atoms with van der Waals surface area (Å²) in [6.07, 6.45) is 0. The second-order valence-corrected chi connectivity index (χ2v) is 6.50. The first kappa shape index (κ1) is 15.7. The van der Waals surface area contributed by atoms with Crippen molar-refractivity contribution in [1.82, 2.24) is 20.9 Å². The third kappa shape index (κ3) is 5.51. The van der Waals surface area contributed by atoms with E-state index in [2.05, 4.69) is 27.9 Å². The van der Waals surface area contributed by atoms with Gasteiger partial charge < -0.3 is 16.0 Å². The van der Waals surface area contributed by atoms with Gasteiger partial charge in [-0.3, -0.25) is 0 Å². The minimum Gasteiger partial charge on any atom is -0.366 e. The molecule has 0 aliphatic rings. The summed E-state index contributed by atoms with van der Waals surface area (Å²) < 4.78 is 0. The molecule has 1 aromatic rings. The second kappa shape index (κ2) is 8.68. The number of thiocarbonyl (C=S) groups is 1. The Bertz CT molecular complexity index is 378. The lowest BCUT2D eigenvalue weighted by Crippen LogP contribution is -2.33. The van der Waals surface area contributed by atoms with Crippen LogP contribution in [0, 0.1) is 6.92 Å². The Morgan fingerprint density at radius 2 is 2.22 bits per heavy atom. The smallest absolute Gasteiger partial charge is 0.166 e. The van der Waals surface area contributed by atoms with E-state index in [4.69, 9.17) is 12.2 Å². The Labute approximate surface area is 122 Å². The lowest BCUT2D eigenvalue weighted by Gasteiger charge is -2.06. The summed E-state index contributed by atoms with van der Waals surface area (Å²) >= 11 is 8.66. The van der Waals surface area contributed by atoms with Crippen LogP contribution in [0.5, 0.6) is 0 Å². The van der Waals surface area contributed by atoms with E-state index in [0.29, 0.717) is 5.11 Å². The minimum absolute atomic E-state index is 0.705. The number of thiazole rings is 1. The molecule has 0 bridgehead atoms. The molecule has 1 rings (SSSR count). The minimum atomic E-state index is 0.705. The van der Waals surface area contributed by atoms with Gasteiger partial charge in [0.05, 0.1) is 5.69 Å². The van der Waals surface area contributed by atoms with E-state index in [9.17, 15) is 0 Å². The van der Waals surface area contributed by atoms with Gasteiger partial charge in [-0.2, -0.15) is 11.8 Å². The largest absolute Gasteiger partial charge is 0.366 e. The number of aromatic nitrogens is 1. The summed E-state index contributed by atoms with van der Waals surface area (Å²) in [5.41, 5.74) is 1.21. The zero-order valence-electron chi connectivity index (χ0n) is 11.0. The summed E-state index contributed by atoms with van der Waals surface area (Å²) in [4.78, 5) is 5.95. The number of nitrogens with one attached hydrogen (secondary N) is 3. The van der Waals surface area contributed by atoms with Crippen LogP contribution in [-0.2, 0) is 12.3 Å². The van der Waals surface area contributed by atoms with Gasteiger partial charge >= 0.3 is 0 Å². The molecule has 0 amide bonds. The number of nitrogens with zero attached hydrogens (tertiary/aromatic N) is 1. The average Bonchev–Trinajstić information content (AvgIpc) is 2.69. The van der Waals surface area contributed by atoms with Gasteiger partial charge in [0.15, 0.2) is 5.11 Å². The van der Waals surface area contributed by atoms with Gasteiger partial charge in [-0.15, -0.1) is 11.3 Å². The van der Waals surface area contributed by atoms with Gasteiger partial charge in [-0.05, 0) is 26.2 Å². The molecule has 1 heterocycles. The normalized spacial score (nSPS) is 10.4. The zero-order chi connectivity index (χ0) is 13.4. The Balaban J connectivity index is 2.24. The van der Waals surface area contributed by atoms with Gasteiger partial charge in [0, 0.05) is 36.5 Å². The van der Waals surface area contributed by atoms with Crippen LogP contribution in [0.2, 0.25) is 0 Å². The van der Waals surface area contributed by atoms with Crippen LogP contribution in [0.15, 0.2) is 0 Å². The summed E-state index contributed by atoms with van der Waals surface area (Å²) in [6, 6.07) is 0. The van der Waals surface area contributed by atoms with E-state index >= 15 is 0 Å². The topological polar surface area (TPSA) is 49.0 Å². The van der Waals surface area contributed by atoms with E-state index in [1.54, 1.807) is 11.3 Å². The molecule has 0 aliphatic carbocycles. The van der Waals surface area contributed by atoms with Crippen molar-refractivity contribution in [3.63, 3.8) is 0 Å². The van der Waals surface area contributed by atoms with Crippen LogP contribution in [0.25, 0.3) is 0 Å². The molecule has 0 saturated heterocycles. The summed E-state index contributed by atoms with van der Waals surface area (Å²) in [6.45, 7) is 3.88. The monoisotopic (exact) mass is 304 g/mol. The molecule has 0 saturated carbocycles. The van der Waals surface area contributed by atoms with Crippen LogP contribution in [0.1, 0.15) is 15.6 Å². The van der Waals surface area contributed by atoms with Crippen LogP contribution >= 0.6 is 35.3 Å². The fraction of sp³-hybridized carbons (Fsp3) is 0.636. The van der Waals surface area contributed by atoms with Crippen molar-refractivity contribution in [1.29, 1.82) is 0 Å². The van der Waals surface area contributed by atoms with Crippen LogP contribution in [0.3, 0.4) is 0 Å². The van der Waals surface area contributed by atoms with Gasteiger partial charge in [0.1, 0.15) is 5.01 Å². The summed E-state index contributed by atoms with van der Waals surface area (Å²) in [5, 5.41) is 11.0. The molecule has 3 N–H and O–H groups in total. The molecule has 0 fully saturated rings. The third-order valence-corrected chi connectivity index (χ3v) is 4.59. The lowest BCUT2D eigenvalue weighted by atomic mass is 10.4. The summed E-state index contributed by atoms with van der Waals surface area (Å²) in [5.74, 6) is 2.00. The fourth-order valence-electron chi connectivity index (χ4n) is 1.34. The van der Waals surface area contributed by atoms with Crippen molar-refractivity contribution >= 4 is 40.4 Å². The van der Waals surface area contributed by atoms with Crippen molar-refractivity contribution < 1.29 is 0 Å². The first-order chi connectivity index (χ1) is 8.67. The highest BCUT2D eigenvalue weighted by Gasteiger charge is 2.06. The first-order valence-electron chi connectivity index (χ1n) is 5.80. The number of hydrogen-bond donors (Lipinski definition) is 3. The SMILES string of the molecule is CNCc1nc(CSCCNC(=S)NC)c(C)s1. The fourth-order valence-corrected chi connectivity index (χ4v) is 3.36. The van der Waals surface area contributed by atoms with Gasteiger partial charge in [-0.1, -0.05) is 0 Å². The second-order valence-electron chi connectivity index (χ2n) is 3.70. The predicted molar refractivity (Wildman–Crippen MR) is 85.4 cm³/mol. The molecule has 0 atom stereocenters. The third-order valence-electron chi connectivity index (χ3n) is 2.26. The Morgan fingerprint density at radius 3 is 2.89 bits per heavy atom. The van der Waals surface area contributed by atoms with Gasteiger partial charge in [0.25, 0.3) is 0 Å². The molecule has 0 aromatic carbocycles. The van der Waals surface area contributed by atoms with Crippen molar-refractivity contribution in [2.45, 2.75) is 19.2 Å². The number of hydrogen-bond acceptors (Lipinski definition) is 5. The van der Waals surface area contributed by atoms with E-state index in [0.717, 1.165) is 24.6 Å². The molecule has 0 spiro atoms. The molecule has 7 heteroatoms. The maximum absolute atomic E-state index is 5.00. The molecular weight excluding hydrogens is 284 g/mol. The number of thioether (sulfide) groups is 1. The van der Waals surface area contributed by atoms with E-state index in [-0.39, 0.29) is 0 Å². The van der Waals surface area contributed by atoms with Gasteiger partial charge in [-0.25, -0.2) is 4.98 Å². The number of aryl methyl sites for hydroxylation is 1. The highest BCUT2D eigenvalue weighted by atomic mass is 32.2. The maximum Gasteiger partial charge on any atom is 0.166 e. The Hall–Kier alpha value is -0.370. The van der Waals surface area contributed by atoms with Crippen molar-refractivity contribution in [2.24, 2.45) is 0 Å². The van der Waals surface area contributed by atoms with Crippen LogP contribution in [0.4, 0.5) is 0 Å². The van der Waals surface area contributed by atoms with Crippen LogP contribution < -0.4 is 16.0 Å². The highest BCUT2D eigenvalue weighted by molar-refractivity contribution is 7.98. The van der Waals surface area contributed by atoms with Crippen LogP contribution in [-0.4, -0.2) is 36.5 Å². The Kier molecular flexibility index (Phi) is 7.57. The molecule has 18 heavy (non-hydrogen) atoms. The Morgan fingerprint density at radius 1 is 1.44 bits per heavy atom. The molecule has 4 nitrogen and oxygen atoms in total. The molecule has 0 aliphatic heterocycles.